The van der Waals surface area contributed by atoms with Crippen molar-refractivity contribution in [2.75, 3.05) is 5.73 Å². The predicted molar refractivity (Wildman–Crippen MR) is 82.8 cm³/mol. The topological polar surface area (TPSA) is 35.2 Å². The zero-order valence-corrected chi connectivity index (χ0v) is 12.0. The van der Waals surface area contributed by atoms with Crippen LogP contribution in [0.2, 0.25) is 0 Å². The molecule has 2 aromatic rings. The van der Waals surface area contributed by atoms with E-state index in [0.717, 1.165) is 29.8 Å². The third-order valence-electron chi connectivity index (χ3n) is 2.88. The van der Waals surface area contributed by atoms with Crippen LogP contribution in [-0.4, -0.2) is 0 Å². The van der Waals surface area contributed by atoms with Gasteiger partial charge in [-0.25, -0.2) is 0 Å². The van der Waals surface area contributed by atoms with Crippen LogP contribution in [0.3, 0.4) is 0 Å². The number of nitrogen functional groups attached to an aromatic ring is 1. The molecule has 0 aliphatic carbocycles. The normalized spacial score (nSPS) is 10.4. The van der Waals surface area contributed by atoms with Crippen LogP contribution in [-0.2, 0) is 19.4 Å². The molecule has 0 aliphatic heterocycles. The van der Waals surface area contributed by atoms with Gasteiger partial charge in [0.1, 0.15) is 12.4 Å². The van der Waals surface area contributed by atoms with E-state index in [4.69, 9.17) is 10.5 Å². The zero-order valence-electron chi connectivity index (χ0n) is 11.2. The number of nitrogens with two attached hydrogens (primary N) is 1. The van der Waals surface area contributed by atoms with Crippen LogP contribution in [0.25, 0.3) is 0 Å². The summed E-state index contributed by atoms with van der Waals surface area (Å²) < 4.78 is 5.90. The molecule has 0 fully saturated rings. The molecule has 0 amide bonds. The van der Waals surface area contributed by atoms with Crippen molar-refractivity contribution in [3.63, 3.8) is 0 Å². The van der Waals surface area contributed by atoms with Gasteiger partial charge in [-0.3, -0.25) is 0 Å². The average Bonchev–Trinajstić information content (AvgIpc) is 2.86. The maximum Gasteiger partial charge on any atom is 0.123 e. The van der Waals surface area contributed by atoms with Crippen molar-refractivity contribution in [2.24, 2.45) is 0 Å². The van der Waals surface area contributed by atoms with Gasteiger partial charge in [-0.15, -0.1) is 17.9 Å². The third-order valence-corrected chi connectivity index (χ3v) is 4.09. The molecule has 0 saturated heterocycles. The number of hydrogen-bond donors (Lipinski definition) is 1. The minimum absolute atomic E-state index is 0.610. The highest BCUT2D eigenvalue weighted by molar-refractivity contribution is 7.11. The molecule has 3 heteroatoms. The van der Waals surface area contributed by atoms with E-state index in [0.29, 0.717) is 6.61 Å². The summed E-state index contributed by atoms with van der Waals surface area (Å²) in [6.45, 7) is 6.54. The van der Waals surface area contributed by atoms with E-state index >= 15 is 0 Å². The Labute approximate surface area is 118 Å². The van der Waals surface area contributed by atoms with Crippen molar-refractivity contribution in [1.29, 1.82) is 0 Å². The highest BCUT2D eigenvalue weighted by atomic mass is 32.1. The van der Waals surface area contributed by atoms with E-state index < -0.39 is 0 Å². The lowest BCUT2D eigenvalue weighted by atomic mass is 10.1. The zero-order chi connectivity index (χ0) is 13.7. The summed E-state index contributed by atoms with van der Waals surface area (Å²) in [7, 11) is 0. The summed E-state index contributed by atoms with van der Waals surface area (Å²) in [5.41, 5.74) is 7.64. The summed E-state index contributed by atoms with van der Waals surface area (Å²) in [6.07, 6.45) is 3.71. The lowest BCUT2D eigenvalue weighted by Crippen LogP contribution is -1.98. The number of hydrogen-bond acceptors (Lipinski definition) is 3. The van der Waals surface area contributed by atoms with Crippen molar-refractivity contribution >= 4 is 17.0 Å². The first-order valence-electron chi connectivity index (χ1n) is 6.42. The van der Waals surface area contributed by atoms with Gasteiger partial charge in [0.2, 0.25) is 0 Å². The third kappa shape index (κ3) is 3.61. The first-order chi connectivity index (χ1) is 9.22. The molecule has 0 spiro atoms. The lowest BCUT2D eigenvalue weighted by molar-refractivity contribution is 0.307. The Morgan fingerprint density at radius 2 is 2.05 bits per heavy atom. The fraction of sp³-hybridized carbons (Fsp3) is 0.250. The Hall–Kier alpha value is -1.74. The minimum atomic E-state index is 0.610. The molecule has 0 bridgehead atoms. The van der Waals surface area contributed by atoms with Gasteiger partial charge in [-0.2, -0.15) is 0 Å². The van der Waals surface area contributed by atoms with Crippen LogP contribution >= 0.6 is 11.3 Å². The van der Waals surface area contributed by atoms with Gasteiger partial charge in [0.05, 0.1) is 0 Å². The monoisotopic (exact) mass is 273 g/mol. The lowest BCUT2D eigenvalue weighted by Gasteiger charge is -2.10. The smallest absolute Gasteiger partial charge is 0.123 e. The molecule has 2 nitrogen and oxygen atoms in total. The number of benzene rings is 1. The molecular formula is C16H19NOS. The molecule has 0 saturated carbocycles. The number of rotatable bonds is 6. The Morgan fingerprint density at radius 3 is 2.74 bits per heavy atom. The standard InChI is InChI=1S/C16H19NOS/c1-3-5-12-10-13(17)6-9-16(12)18-11-15-8-7-14(4-2)19-15/h3,6-10H,1,4-5,11,17H2,2H3. The van der Waals surface area contributed by atoms with Crippen molar-refractivity contribution in [1.82, 2.24) is 0 Å². The van der Waals surface area contributed by atoms with Gasteiger partial charge in [-0.1, -0.05) is 13.0 Å². The molecular weight excluding hydrogens is 254 g/mol. The summed E-state index contributed by atoms with van der Waals surface area (Å²) in [5, 5.41) is 0. The van der Waals surface area contributed by atoms with Crippen molar-refractivity contribution < 1.29 is 4.74 Å². The Kier molecular flexibility index (Phi) is 4.63. The second-order valence-electron chi connectivity index (χ2n) is 4.37. The molecule has 2 N–H and O–H groups in total. The van der Waals surface area contributed by atoms with Crippen LogP contribution in [0.4, 0.5) is 5.69 Å². The second-order valence-corrected chi connectivity index (χ2v) is 5.62. The molecule has 0 atom stereocenters. The molecule has 1 aromatic carbocycles. The van der Waals surface area contributed by atoms with Gasteiger partial charge in [0, 0.05) is 15.4 Å². The number of ether oxygens (including phenoxy) is 1. The van der Waals surface area contributed by atoms with E-state index in [9.17, 15) is 0 Å². The molecule has 19 heavy (non-hydrogen) atoms. The van der Waals surface area contributed by atoms with Gasteiger partial charge < -0.3 is 10.5 Å². The van der Waals surface area contributed by atoms with Crippen LogP contribution in [0, 0.1) is 0 Å². The SMILES string of the molecule is C=CCc1cc(N)ccc1OCc1ccc(CC)s1. The van der Waals surface area contributed by atoms with Gasteiger partial charge in [0.15, 0.2) is 0 Å². The van der Waals surface area contributed by atoms with Crippen LogP contribution < -0.4 is 10.5 Å². The quantitative estimate of drug-likeness (QED) is 0.632. The number of anilines is 1. The molecule has 2 rings (SSSR count). The van der Waals surface area contributed by atoms with Crippen LogP contribution in [0.5, 0.6) is 5.75 Å². The minimum Gasteiger partial charge on any atom is -0.488 e. The fourth-order valence-electron chi connectivity index (χ4n) is 1.89. The predicted octanol–water partition coefficient (Wildman–Crippen LogP) is 4.20. The van der Waals surface area contributed by atoms with Crippen molar-refractivity contribution in [2.45, 2.75) is 26.4 Å². The summed E-state index contributed by atoms with van der Waals surface area (Å²) in [4.78, 5) is 2.64. The van der Waals surface area contributed by atoms with E-state index in [2.05, 4.69) is 25.6 Å². The molecule has 0 radical (unpaired) electrons. The summed E-state index contributed by atoms with van der Waals surface area (Å²) in [6, 6.07) is 10.0. The number of allylic oxidation sites excluding steroid dienone is 1. The van der Waals surface area contributed by atoms with Crippen LogP contribution in [0.15, 0.2) is 43.0 Å². The molecule has 0 unspecified atom stereocenters. The van der Waals surface area contributed by atoms with E-state index in [-0.39, 0.29) is 0 Å². The maximum absolute atomic E-state index is 5.90. The van der Waals surface area contributed by atoms with E-state index in [1.165, 1.54) is 9.75 Å². The van der Waals surface area contributed by atoms with Crippen molar-refractivity contribution in [3.05, 3.63) is 58.3 Å². The highest BCUT2D eigenvalue weighted by Gasteiger charge is 2.05. The highest BCUT2D eigenvalue weighted by Crippen LogP contribution is 2.25. The van der Waals surface area contributed by atoms with E-state index in [1.54, 1.807) is 11.3 Å². The largest absolute Gasteiger partial charge is 0.488 e. The van der Waals surface area contributed by atoms with Gasteiger partial charge >= 0.3 is 0 Å². The average molecular weight is 273 g/mol. The van der Waals surface area contributed by atoms with Gasteiger partial charge in [0.25, 0.3) is 0 Å². The fourth-order valence-corrected chi connectivity index (χ4v) is 2.77. The second kappa shape index (κ2) is 6.43. The van der Waals surface area contributed by atoms with Crippen LogP contribution in [0.1, 0.15) is 22.2 Å². The summed E-state index contributed by atoms with van der Waals surface area (Å²) >= 11 is 1.80. The number of thiophene rings is 1. The first-order valence-corrected chi connectivity index (χ1v) is 7.24. The summed E-state index contributed by atoms with van der Waals surface area (Å²) in [5.74, 6) is 0.889. The first kappa shape index (κ1) is 13.7. The Balaban J connectivity index is 2.07. The Morgan fingerprint density at radius 1 is 1.26 bits per heavy atom. The molecule has 0 aliphatic rings. The molecule has 100 valence electrons. The number of aryl methyl sites for hydroxylation is 1. The molecule has 1 heterocycles. The molecule has 1 aromatic heterocycles. The maximum atomic E-state index is 5.90. The Bertz CT molecular complexity index is 560. The van der Waals surface area contributed by atoms with Gasteiger partial charge in [-0.05, 0) is 48.7 Å². The van der Waals surface area contributed by atoms with E-state index in [1.807, 2.05) is 24.3 Å². The van der Waals surface area contributed by atoms with Crippen molar-refractivity contribution in [3.8, 4) is 5.75 Å².